The highest BCUT2D eigenvalue weighted by Crippen LogP contribution is 2.41. The molecule has 132 valence electrons. The Balaban J connectivity index is 2.25. The maximum absolute atomic E-state index is 13.3. The number of carbonyl (C=O) groups is 1. The fourth-order valence-electron chi connectivity index (χ4n) is 2.94. The van der Waals surface area contributed by atoms with Crippen molar-refractivity contribution >= 4 is 43.2 Å². The summed E-state index contributed by atoms with van der Waals surface area (Å²) < 4.78 is 28.4. The molecule has 2 aromatic rings. The number of rotatable bonds is 3. The molecule has 1 atom stereocenters. The predicted molar refractivity (Wildman–Crippen MR) is 99.4 cm³/mol. The number of likely N-dealkylation sites (N-methyl/N-ethyl adjacent to an activating group) is 1. The van der Waals surface area contributed by atoms with E-state index in [1.807, 2.05) is 0 Å². The van der Waals surface area contributed by atoms with Crippen molar-refractivity contribution in [1.29, 1.82) is 0 Å². The Morgan fingerprint density at radius 3 is 2.36 bits per heavy atom. The fraction of sp³-hybridized carbons (Fsp3) is 0.235. The average molecular weight is 425 g/mol. The van der Waals surface area contributed by atoms with Gasteiger partial charge in [-0.1, -0.05) is 22.9 Å². The first-order valence-corrected chi connectivity index (χ1v) is 9.91. The Kier molecular flexibility index (Phi) is 4.51. The summed E-state index contributed by atoms with van der Waals surface area (Å²) in [5.41, 5.74) is 0.969. The molecule has 0 aromatic heterocycles. The highest BCUT2D eigenvalue weighted by Gasteiger charge is 2.42. The lowest BCUT2D eigenvalue weighted by Gasteiger charge is -2.40. The lowest BCUT2D eigenvalue weighted by atomic mass is 10.1. The van der Waals surface area contributed by atoms with E-state index in [-0.39, 0.29) is 16.6 Å². The number of hydrogen-bond acceptors (Lipinski definition) is 4. The molecule has 3 rings (SSSR count). The number of nitrogens with zero attached hydrogens (tertiary/aromatic N) is 2. The van der Waals surface area contributed by atoms with Gasteiger partial charge in [0.05, 0.1) is 16.3 Å². The van der Waals surface area contributed by atoms with E-state index in [4.69, 9.17) is 0 Å². The van der Waals surface area contributed by atoms with Crippen LogP contribution in [0, 0.1) is 0 Å². The maximum atomic E-state index is 13.3. The quantitative estimate of drug-likeness (QED) is 0.820. The summed E-state index contributed by atoms with van der Waals surface area (Å²) in [6.07, 6.45) is 0.340. The SMILES string of the molecule is CC[C@H]1C(=O)N(C)c2ccc(Br)cc2N1S(=O)(=O)c1ccc(O)cc1. The summed E-state index contributed by atoms with van der Waals surface area (Å²) in [6, 6.07) is 9.63. The minimum absolute atomic E-state index is 0.0204. The zero-order valence-corrected chi connectivity index (χ0v) is 16.1. The number of halogens is 1. The molecule has 25 heavy (non-hydrogen) atoms. The summed E-state index contributed by atoms with van der Waals surface area (Å²) in [5, 5.41) is 9.43. The molecule has 1 aliphatic heterocycles. The first kappa shape index (κ1) is 17.8. The second kappa shape index (κ2) is 6.34. The molecule has 0 unspecified atom stereocenters. The average Bonchev–Trinajstić information content (AvgIpc) is 2.57. The number of hydrogen-bond donors (Lipinski definition) is 1. The van der Waals surface area contributed by atoms with Gasteiger partial charge < -0.3 is 10.0 Å². The van der Waals surface area contributed by atoms with Crippen LogP contribution >= 0.6 is 15.9 Å². The normalized spacial score (nSPS) is 17.6. The number of anilines is 2. The Morgan fingerprint density at radius 2 is 1.76 bits per heavy atom. The zero-order valence-electron chi connectivity index (χ0n) is 13.7. The van der Waals surface area contributed by atoms with Crippen LogP contribution in [-0.2, 0) is 14.8 Å². The summed E-state index contributed by atoms with van der Waals surface area (Å²) in [5.74, 6) is -0.303. The van der Waals surface area contributed by atoms with Crippen molar-refractivity contribution in [1.82, 2.24) is 0 Å². The first-order chi connectivity index (χ1) is 11.8. The van der Waals surface area contributed by atoms with E-state index in [0.29, 0.717) is 17.8 Å². The van der Waals surface area contributed by atoms with Gasteiger partial charge in [-0.05, 0) is 48.9 Å². The molecule has 0 saturated heterocycles. The minimum Gasteiger partial charge on any atom is -0.508 e. The van der Waals surface area contributed by atoms with Crippen molar-refractivity contribution in [2.75, 3.05) is 16.3 Å². The third kappa shape index (κ3) is 2.89. The van der Waals surface area contributed by atoms with Gasteiger partial charge in [0, 0.05) is 11.5 Å². The molecule has 0 saturated carbocycles. The van der Waals surface area contributed by atoms with E-state index >= 15 is 0 Å². The summed E-state index contributed by atoms with van der Waals surface area (Å²) in [6.45, 7) is 1.78. The Morgan fingerprint density at radius 1 is 1.12 bits per heavy atom. The van der Waals surface area contributed by atoms with E-state index in [1.165, 1.54) is 33.5 Å². The largest absolute Gasteiger partial charge is 0.508 e. The van der Waals surface area contributed by atoms with Gasteiger partial charge >= 0.3 is 0 Å². The van der Waals surface area contributed by atoms with Crippen LogP contribution < -0.4 is 9.21 Å². The standard InChI is InChI=1S/C17H17BrN2O4S/c1-3-14-17(22)19(2)15-9-4-11(18)10-16(15)20(14)25(23,24)13-7-5-12(21)6-8-13/h4-10,14,21H,3H2,1-2H3/t14-/m0/s1. The van der Waals surface area contributed by atoms with Crippen molar-refractivity contribution in [2.45, 2.75) is 24.3 Å². The van der Waals surface area contributed by atoms with Crippen LogP contribution in [0.1, 0.15) is 13.3 Å². The van der Waals surface area contributed by atoms with Crippen LogP contribution in [0.25, 0.3) is 0 Å². The van der Waals surface area contributed by atoms with E-state index in [1.54, 1.807) is 32.2 Å². The van der Waals surface area contributed by atoms with Gasteiger partial charge in [0.1, 0.15) is 11.8 Å². The number of benzene rings is 2. The second-order valence-corrected chi connectivity index (χ2v) is 8.48. The molecule has 0 radical (unpaired) electrons. The van der Waals surface area contributed by atoms with E-state index in [2.05, 4.69) is 15.9 Å². The lowest BCUT2D eigenvalue weighted by molar-refractivity contribution is -0.119. The molecule has 2 aromatic carbocycles. The maximum Gasteiger partial charge on any atom is 0.265 e. The smallest absolute Gasteiger partial charge is 0.265 e. The van der Waals surface area contributed by atoms with Crippen molar-refractivity contribution in [3.63, 3.8) is 0 Å². The van der Waals surface area contributed by atoms with Gasteiger partial charge in [0.2, 0.25) is 0 Å². The summed E-state index contributed by atoms with van der Waals surface area (Å²) >= 11 is 3.37. The number of sulfonamides is 1. The number of phenols is 1. The Hall–Kier alpha value is -2.06. The van der Waals surface area contributed by atoms with Gasteiger partial charge in [-0.3, -0.25) is 9.10 Å². The minimum atomic E-state index is -3.97. The number of amides is 1. The Labute approximate surface area is 154 Å². The molecule has 1 aliphatic rings. The highest BCUT2D eigenvalue weighted by molar-refractivity contribution is 9.10. The molecule has 0 fully saturated rings. The zero-order chi connectivity index (χ0) is 18.4. The fourth-order valence-corrected chi connectivity index (χ4v) is 4.97. The molecule has 0 aliphatic carbocycles. The van der Waals surface area contributed by atoms with Crippen molar-refractivity contribution in [3.05, 3.63) is 46.9 Å². The van der Waals surface area contributed by atoms with Gasteiger partial charge in [-0.15, -0.1) is 0 Å². The molecule has 1 amide bonds. The van der Waals surface area contributed by atoms with E-state index < -0.39 is 16.1 Å². The third-order valence-corrected chi connectivity index (χ3v) is 6.55. The number of fused-ring (bicyclic) bond motifs is 1. The number of aromatic hydroxyl groups is 1. The molecule has 6 nitrogen and oxygen atoms in total. The first-order valence-electron chi connectivity index (χ1n) is 7.68. The second-order valence-electron chi connectivity index (χ2n) is 5.75. The van der Waals surface area contributed by atoms with Crippen molar-refractivity contribution < 1.29 is 18.3 Å². The van der Waals surface area contributed by atoms with Gasteiger partial charge in [-0.25, -0.2) is 8.42 Å². The molecule has 0 spiro atoms. The topological polar surface area (TPSA) is 77.9 Å². The van der Waals surface area contributed by atoms with Crippen molar-refractivity contribution in [3.8, 4) is 5.75 Å². The van der Waals surface area contributed by atoms with E-state index in [9.17, 15) is 18.3 Å². The van der Waals surface area contributed by atoms with Gasteiger partial charge in [0.25, 0.3) is 15.9 Å². The van der Waals surface area contributed by atoms with Crippen LogP contribution in [0.15, 0.2) is 51.8 Å². The molecular weight excluding hydrogens is 408 g/mol. The van der Waals surface area contributed by atoms with E-state index in [0.717, 1.165) is 4.47 Å². The molecule has 1 N–H and O–H groups in total. The predicted octanol–water partition coefficient (Wildman–Crippen LogP) is 3.11. The van der Waals surface area contributed by atoms with Crippen LogP contribution in [0.5, 0.6) is 5.75 Å². The molecular formula is C17H17BrN2O4S. The summed E-state index contributed by atoms with van der Waals surface area (Å²) in [7, 11) is -2.33. The summed E-state index contributed by atoms with van der Waals surface area (Å²) in [4.78, 5) is 14.2. The van der Waals surface area contributed by atoms with Crippen LogP contribution in [-0.4, -0.2) is 32.5 Å². The van der Waals surface area contributed by atoms with Crippen molar-refractivity contribution in [2.24, 2.45) is 0 Å². The molecule has 8 heteroatoms. The lowest BCUT2D eigenvalue weighted by Crippen LogP contribution is -2.54. The van der Waals surface area contributed by atoms with Gasteiger partial charge in [0.15, 0.2) is 0 Å². The van der Waals surface area contributed by atoms with Crippen LogP contribution in [0.4, 0.5) is 11.4 Å². The highest BCUT2D eigenvalue weighted by atomic mass is 79.9. The molecule has 1 heterocycles. The third-order valence-electron chi connectivity index (χ3n) is 4.22. The molecule has 0 bridgehead atoms. The van der Waals surface area contributed by atoms with Crippen LogP contribution in [0.3, 0.4) is 0 Å². The number of phenolic OH excluding ortho intramolecular Hbond substituents is 1. The Bertz CT molecular complexity index is 928. The van der Waals surface area contributed by atoms with Gasteiger partial charge in [-0.2, -0.15) is 0 Å². The number of carbonyl (C=O) groups excluding carboxylic acids is 1. The van der Waals surface area contributed by atoms with Crippen LogP contribution in [0.2, 0.25) is 0 Å². The monoisotopic (exact) mass is 424 g/mol.